The van der Waals surface area contributed by atoms with Crippen molar-refractivity contribution in [1.82, 2.24) is 10.2 Å². The molecule has 0 saturated carbocycles. The molecule has 0 unspecified atom stereocenters. The van der Waals surface area contributed by atoms with E-state index < -0.39 is 0 Å². The van der Waals surface area contributed by atoms with Crippen molar-refractivity contribution in [3.8, 4) is 6.07 Å². The van der Waals surface area contributed by atoms with Crippen molar-refractivity contribution in [2.24, 2.45) is 0 Å². The first-order valence-electron chi connectivity index (χ1n) is 6.62. The Labute approximate surface area is 135 Å². The minimum Gasteiger partial charge on any atom is -0.465 e. The second kappa shape index (κ2) is 6.68. The molecule has 2 heterocycles. The van der Waals surface area contributed by atoms with E-state index in [-0.39, 0.29) is 5.91 Å². The lowest BCUT2D eigenvalue weighted by atomic mass is 10.2. The molecule has 0 atom stereocenters. The van der Waals surface area contributed by atoms with Crippen molar-refractivity contribution < 1.29 is 9.21 Å². The number of allylic oxidation sites excluding steroid dienone is 1. The fourth-order valence-corrected chi connectivity index (χ4v) is 2.50. The number of carbonyl (C=O) groups excluding carboxylic acids is 1. The number of carbonyl (C=O) groups is 1. The number of hydrogen-bond acceptors (Lipinski definition) is 6. The van der Waals surface area contributed by atoms with Gasteiger partial charge in [-0.15, -0.1) is 10.2 Å². The molecule has 0 aliphatic carbocycles. The minimum atomic E-state index is -0.276. The predicted molar refractivity (Wildman–Crippen MR) is 86.5 cm³/mol. The number of rotatable bonds is 4. The van der Waals surface area contributed by atoms with Crippen molar-refractivity contribution in [1.29, 1.82) is 5.26 Å². The van der Waals surface area contributed by atoms with Crippen LogP contribution in [0.3, 0.4) is 0 Å². The summed E-state index contributed by atoms with van der Waals surface area (Å²) in [7, 11) is 0. The Kier molecular flexibility index (Phi) is 4.27. The molecule has 7 heteroatoms. The molecule has 3 rings (SSSR count). The maximum absolute atomic E-state index is 12.1. The van der Waals surface area contributed by atoms with Gasteiger partial charge in [-0.05, 0) is 24.3 Å². The van der Waals surface area contributed by atoms with E-state index >= 15 is 0 Å². The van der Waals surface area contributed by atoms with Crippen LogP contribution in [0.1, 0.15) is 21.1 Å². The fourth-order valence-electron chi connectivity index (χ4n) is 1.80. The Morgan fingerprint density at radius 2 is 2.04 bits per heavy atom. The van der Waals surface area contributed by atoms with E-state index in [1.807, 2.05) is 6.07 Å². The number of amides is 1. The van der Waals surface area contributed by atoms with Gasteiger partial charge in [0.15, 0.2) is 5.01 Å². The summed E-state index contributed by atoms with van der Waals surface area (Å²) in [5, 5.41) is 20.5. The van der Waals surface area contributed by atoms with Crippen molar-refractivity contribution >= 4 is 34.0 Å². The molecule has 6 nitrogen and oxygen atoms in total. The molecule has 1 aromatic carbocycles. The van der Waals surface area contributed by atoms with E-state index in [1.54, 1.807) is 42.5 Å². The molecule has 0 bridgehead atoms. The Bertz CT molecular complexity index is 876. The molecule has 1 N–H and O–H groups in total. The van der Waals surface area contributed by atoms with Gasteiger partial charge in [0, 0.05) is 11.6 Å². The number of hydrogen-bond donors (Lipinski definition) is 1. The lowest BCUT2D eigenvalue weighted by Crippen LogP contribution is -2.11. The summed E-state index contributed by atoms with van der Waals surface area (Å²) < 4.78 is 5.18. The summed E-state index contributed by atoms with van der Waals surface area (Å²) in [6, 6.07) is 14.3. The Morgan fingerprint density at radius 1 is 1.22 bits per heavy atom. The Hall–Kier alpha value is -3.24. The first kappa shape index (κ1) is 14.7. The van der Waals surface area contributed by atoms with E-state index in [9.17, 15) is 10.1 Å². The summed E-state index contributed by atoms with van der Waals surface area (Å²) in [5.41, 5.74) is 0.841. The van der Waals surface area contributed by atoms with Crippen molar-refractivity contribution in [2.75, 3.05) is 5.32 Å². The SMILES string of the molecule is N#CC(=Cc1ccco1)c1nnc(NC(=O)c2ccccc2)s1. The first-order chi connectivity index (χ1) is 11.3. The zero-order valence-corrected chi connectivity index (χ0v) is 12.6. The van der Waals surface area contributed by atoms with Crippen LogP contribution in [0.5, 0.6) is 0 Å². The maximum atomic E-state index is 12.1. The molecule has 2 aromatic heterocycles. The largest absolute Gasteiger partial charge is 0.465 e. The third-order valence-corrected chi connectivity index (χ3v) is 3.73. The smallest absolute Gasteiger partial charge is 0.257 e. The van der Waals surface area contributed by atoms with Gasteiger partial charge in [-0.1, -0.05) is 29.5 Å². The molecule has 112 valence electrons. The predicted octanol–water partition coefficient (Wildman–Crippen LogP) is 3.45. The summed E-state index contributed by atoms with van der Waals surface area (Å²) in [6.45, 7) is 0. The zero-order chi connectivity index (χ0) is 16.1. The third kappa shape index (κ3) is 3.51. The average molecular weight is 322 g/mol. The van der Waals surface area contributed by atoms with Crippen molar-refractivity contribution in [3.63, 3.8) is 0 Å². The number of anilines is 1. The highest BCUT2D eigenvalue weighted by molar-refractivity contribution is 7.16. The van der Waals surface area contributed by atoms with Crippen LogP contribution in [0.25, 0.3) is 11.6 Å². The van der Waals surface area contributed by atoms with Crippen LogP contribution in [-0.2, 0) is 0 Å². The lowest BCUT2D eigenvalue weighted by Gasteiger charge is -1.99. The summed E-state index contributed by atoms with van der Waals surface area (Å²) in [4.78, 5) is 12.1. The summed E-state index contributed by atoms with van der Waals surface area (Å²) >= 11 is 1.12. The quantitative estimate of drug-likeness (QED) is 0.743. The standard InChI is InChI=1S/C16H10N4O2S/c17-10-12(9-13-7-4-8-22-13)15-19-20-16(23-15)18-14(21)11-5-2-1-3-6-11/h1-9H,(H,18,20,21). The van der Waals surface area contributed by atoms with Gasteiger partial charge in [0.1, 0.15) is 11.8 Å². The molecule has 23 heavy (non-hydrogen) atoms. The molecule has 1 amide bonds. The van der Waals surface area contributed by atoms with E-state index in [4.69, 9.17) is 4.42 Å². The molecule has 0 radical (unpaired) electrons. The van der Waals surface area contributed by atoms with Gasteiger partial charge in [0.25, 0.3) is 5.91 Å². The number of aromatic nitrogens is 2. The Balaban J connectivity index is 1.78. The van der Waals surface area contributed by atoms with Crippen LogP contribution in [0.4, 0.5) is 5.13 Å². The van der Waals surface area contributed by atoms with Crippen molar-refractivity contribution in [2.45, 2.75) is 0 Å². The average Bonchev–Trinajstić information content (AvgIpc) is 3.25. The van der Waals surface area contributed by atoms with E-state index in [0.29, 0.717) is 27.0 Å². The molecular weight excluding hydrogens is 312 g/mol. The van der Waals surface area contributed by atoms with Gasteiger partial charge < -0.3 is 4.42 Å². The molecule has 0 aliphatic rings. The van der Waals surface area contributed by atoms with Gasteiger partial charge >= 0.3 is 0 Å². The van der Waals surface area contributed by atoms with Gasteiger partial charge in [0.2, 0.25) is 5.13 Å². The van der Waals surface area contributed by atoms with Crippen LogP contribution in [0.15, 0.2) is 53.1 Å². The molecular formula is C16H10N4O2S. The molecule has 0 aliphatic heterocycles. The van der Waals surface area contributed by atoms with Crippen LogP contribution >= 0.6 is 11.3 Å². The molecule has 3 aromatic rings. The number of furan rings is 1. The van der Waals surface area contributed by atoms with Crippen LogP contribution in [0, 0.1) is 11.3 Å². The van der Waals surface area contributed by atoms with E-state index in [1.165, 1.54) is 6.26 Å². The third-order valence-electron chi connectivity index (χ3n) is 2.86. The van der Waals surface area contributed by atoms with Gasteiger partial charge in [-0.3, -0.25) is 10.1 Å². The highest BCUT2D eigenvalue weighted by Crippen LogP contribution is 2.24. The second-order valence-electron chi connectivity index (χ2n) is 4.42. The summed E-state index contributed by atoms with van der Waals surface area (Å²) in [6.07, 6.45) is 3.09. The molecule has 0 saturated heterocycles. The van der Waals surface area contributed by atoms with Gasteiger partial charge in [0.05, 0.1) is 11.8 Å². The van der Waals surface area contributed by atoms with Crippen LogP contribution in [-0.4, -0.2) is 16.1 Å². The van der Waals surface area contributed by atoms with E-state index in [0.717, 1.165) is 11.3 Å². The minimum absolute atomic E-state index is 0.276. The van der Waals surface area contributed by atoms with Crippen molar-refractivity contribution in [3.05, 3.63) is 65.1 Å². The second-order valence-corrected chi connectivity index (χ2v) is 5.40. The highest BCUT2D eigenvalue weighted by atomic mass is 32.1. The number of nitriles is 1. The Morgan fingerprint density at radius 3 is 2.74 bits per heavy atom. The van der Waals surface area contributed by atoms with Crippen LogP contribution < -0.4 is 5.32 Å². The van der Waals surface area contributed by atoms with Crippen LogP contribution in [0.2, 0.25) is 0 Å². The lowest BCUT2D eigenvalue weighted by molar-refractivity contribution is 0.102. The fraction of sp³-hybridized carbons (Fsp3) is 0. The normalized spacial score (nSPS) is 11.0. The van der Waals surface area contributed by atoms with Gasteiger partial charge in [-0.25, -0.2) is 0 Å². The number of benzene rings is 1. The first-order valence-corrected chi connectivity index (χ1v) is 7.43. The monoisotopic (exact) mass is 322 g/mol. The maximum Gasteiger partial charge on any atom is 0.257 e. The molecule has 0 spiro atoms. The zero-order valence-electron chi connectivity index (χ0n) is 11.8. The topological polar surface area (TPSA) is 91.8 Å². The molecule has 0 fully saturated rings. The number of nitrogens with zero attached hydrogens (tertiary/aromatic N) is 3. The van der Waals surface area contributed by atoms with Gasteiger partial charge in [-0.2, -0.15) is 5.26 Å². The number of nitrogens with one attached hydrogen (secondary N) is 1. The van der Waals surface area contributed by atoms with E-state index in [2.05, 4.69) is 21.6 Å². The summed E-state index contributed by atoms with van der Waals surface area (Å²) in [5.74, 6) is 0.272. The highest BCUT2D eigenvalue weighted by Gasteiger charge is 2.13.